The van der Waals surface area contributed by atoms with Gasteiger partial charge < -0.3 is 4.90 Å². The van der Waals surface area contributed by atoms with Gasteiger partial charge in [0.25, 0.3) is 0 Å². The van der Waals surface area contributed by atoms with Crippen LogP contribution in [0.25, 0.3) is 0 Å². The monoisotopic (exact) mass is 355 g/mol. The summed E-state index contributed by atoms with van der Waals surface area (Å²) in [5.41, 5.74) is 2.23. The number of hydrogen-bond acceptors (Lipinski definition) is 4. The van der Waals surface area contributed by atoms with E-state index in [1.54, 1.807) is 4.90 Å². The van der Waals surface area contributed by atoms with Crippen LogP contribution in [0.4, 0.5) is 5.69 Å². The van der Waals surface area contributed by atoms with Crippen molar-refractivity contribution in [2.24, 2.45) is 0 Å². The third kappa shape index (κ3) is 3.55. The maximum atomic E-state index is 12.6. The van der Waals surface area contributed by atoms with Gasteiger partial charge in [0.05, 0.1) is 16.5 Å². The molecule has 2 aromatic rings. The number of rotatable bonds is 4. The summed E-state index contributed by atoms with van der Waals surface area (Å²) in [5.74, 6) is -0.263. The quantitative estimate of drug-likeness (QED) is 0.908. The fourth-order valence-corrected chi connectivity index (χ4v) is 3.96. The highest BCUT2D eigenvalue weighted by atomic mass is 32.2. The van der Waals surface area contributed by atoms with Crippen molar-refractivity contribution in [2.45, 2.75) is 24.3 Å². The number of amides is 1. The minimum Gasteiger partial charge on any atom is -0.311 e. The van der Waals surface area contributed by atoms with Crippen LogP contribution >= 0.6 is 0 Å². The molecule has 2 aromatic carbocycles. The molecule has 0 bridgehead atoms. The van der Waals surface area contributed by atoms with E-state index in [1.807, 2.05) is 37.3 Å². The van der Waals surface area contributed by atoms with E-state index in [9.17, 15) is 13.2 Å². The van der Waals surface area contributed by atoms with Gasteiger partial charge in [-0.25, -0.2) is 8.42 Å². The molecule has 1 fully saturated rings. The van der Waals surface area contributed by atoms with Gasteiger partial charge in [-0.3, -0.25) is 4.79 Å². The number of carbonyl (C=O) groups is 1. The zero-order valence-electron chi connectivity index (χ0n) is 13.6. The molecule has 1 N–H and O–H groups in total. The van der Waals surface area contributed by atoms with Gasteiger partial charge in [-0.1, -0.05) is 17.7 Å². The Morgan fingerprint density at radius 2 is 1.76 bits per heavy atom. The molecule has 25 heavy (non-hydrogen) atoms. The van der Waals surface area contributed by atoms with Crippen LogP contribution in [0.1, 0.15) is 17.5 Å². The van der Waals surface area contributed by atoms with Crippen LogP contribution in [-0.4, -0.2) is 26.9 Å². The van der Waals surface area contributed by atoms with Crippen LogP contribution in [0.3, 0.4) is 0 Å². The van der Waals surface area contributed by atoms with Gasteiger partial charge in [-0.2, -0.15) is 9.98 Å². The fourth-order valence-electron chi connectivity index (χ4n) is 2.73. The average molecular weight is 355 g/mol. The van der Waals surface area contributed by atoms with Gasteiger partial charge in [0.1, 0.15) is 6.04 Å². The van der Waals surface area contributed by atoms with Gasteiger partial charge in [-0.05, 0) is 49.7 Å². The number of carbonyl (C=O) groups excluding carboxylic acids is 1. The summed E-state index contributed by atoms with van der Waals surface area (Å²) in [6.45, 7) is 2.42. The molecule has 3 rings (SSSR count). The largest absolute Gasteiger partial charge is 0.311 e. The van der Waals surface area contributed by atoms with Gasteiger partial charge in [0.2, 0.25) is 15.9 Å². The predicted molar refractivity (Wildman–Crippen MR) is 93.4 cm³/mol. The first-order chi connectivity index (χ1) is 11.9. The van der Waals surface area contributed by atoms with Gasteiger partial charge in [0, 0.05) is 12.2 Å². The number of nitrogens with one attached hydrogen (secondary N) is 1. The maximum Gasteiger partial charge on any atom is 0.245 e. The molecule has 0 saturated carbocycles. The van der Waals surface area contributed by atoms with Crippen LogP contribution in [0.5, 0.6) is 0 Å². The number of sulfonamides is 1. The van der Waals surface area contributed by atoms with Crippen molar-refractivity contribution in [3.05, 3.63) is 59.7 Å². The number of aryl methyl sites for hydroxylation is 1. The molecule has 1 atom stereocenters. The summed E-state index contributed by atoms with van der Waals surface area (Å²) in [5, 5.41) is 8.79. The van der Waals surface area contributed by atoms with Crippen LogP contribution < -0.4 is 9.62 Å². The minimum absolute atomic E-state index is 0.0353. The van der Waals surface area contributed by atoms with Crippen molar-refractivity contribution in [2.75, 3.05) is 11.4 Å². The highest BCUT2D eigenvalue weighted by Crippen LogP contribution is 2.23. The Bertz CT molecular complexity index is 929. The summed E-state index contributed by atoms with van der Waals surface area (Å²) < 4.78 is 27.4. The maximum absolute atomic E-state index is 12.6. The van der Waals surface area contributed by atoms with Crippen LogP contribution in [0.2, 0.25) is 0 Å². The molecule has 0 radical (unpaired) electrons. The zero-order valence-corrected chi connectivity index (χ0v) is 14.5. The first-order valence-electron chi connectivity index (χ1n) is 7.81. The van der Waals surface area contributed by atoms with Gasteiger partial charge in [-0.15, -0.1) is 0 Å². The summed E-state index contributed by atoms with van der Waals surface area (Å²) in [6, 6.07) is 14.3. The lowest BCUT2D eigenvalue weighted by molar-refractivity contribution is -0.118. The zero-order chi connectivity index (χ0) is 18.0. The molecule has 1 saturated heterocycles. The van der Waals surface area contributed by atoms with Crippen LogP contribution in [0.15, 0.2) is 53.4 Å². The second kappa shape index (κ2) is 6.67. The van der Waals surface area contributed by atoms with E-state index in [-0.39, 0.29) is 10.8 Å². The smallest absolute Gasteiger partial charge is 0.245 e. The van der Waals surface area contributed by atoms with E-state index in [1.165, 1.54) is 24.3 Å². The van der Waals surface area contributed by atoms with Gasteiger partial charge in [0.15, 0.2) is 0 Å². The second-order valence-electron chi connectivity index (χ2n) is 5.92. The van der Waals surface area contributed by atoms with Crippen molar-refractivity contribution >= 4 is 21.6 Å². The SMILES string of the molecule is Cc1ccc(N2CC[C@H](NS(=O)(=O)c3ccc(C#N)cc3)C2=O)cc1. The predicted octanol–water partition coefficient (Wildman–Crippen LogP) is 1.95. The molecule has 7 heteroatoms. The summed E-state index contributed by atoms with van der Waals surface area (Å²) in [7, 11) is -3.82. The summed E-state index contributed by atoms with van der Waals surface area (Å²) >= 11 is 0. The summed E-state index contributed by atoms with van der Waals surface area (Å²) in [4.78, 5) is 14.2. The molecule has 1 heterocycles. The van der Waals surface area contributed by atoms with Crippen molar-refractivity contribution in [1.82, 2.24) is 4.72 Å². The number of benzene rings is 2. The first-order valence-corrected chi connectivity index (χ1v) is 9.29. The Kier molecular flexibility index (Phi) is 4.57. The average Bonchev–Trinajstić information content (AvgIpc) is 2.96. The van der Waals surface area contributed by atoms with Crippen molar-refractivity contribution in [3.8, 4) is 6.07 Å². The highest BCUT2D eigenvalue weighted by molar-refractivity contribution is 7.89. The molecule has 0 aromatic heterocycles. The summed E-state index contributed by atoms with van der Waals surface area (Å²) in [6.07, 6.45) is 0.405. The number of anilines is 1. The van der Waals surface area contributed by atoms with E-state index in [0.717, 1.165) is 11.3 Å². The topological polar surface area (TPSA) is 90.3 Å². The lowest BCUT2D eigenvalue weighted by Crippen LogP contribution is -2.41. The molecule has 128 valence electrons. The normalized spacial score (nSPS) is 17.5. The Balaban J connectivity index is 1.75. The number of hydrogen-bond donors (Lipinski definition) is 1. The molecular formula is C18H17N3O3S. The Morgan fingerprint density at radius 3 is 2.36 bits per heavy atom. The van der Waals surface area contributed by atoms with E-state index in [2.05, 4.69) is 4.72 Å². The lowest BCUT2D eigenvalue weighted by atomic mass is 10.2. The molecule has 0 unspecified atom stereocenters. The molecule has 1 aliphatic heterocycles. The van der Waals surface area contributed by atoms with Crippen LogP contribution in [-0.2, 0) is 14.8 Å². The molecule has 0 spiro atoms. The Labute approximate surface area is 146 Å². The van der Waals surface area contributed by atoms with E-state index >= 15 is 0 Å². The molecule has 1 aliphatic rings. The third-order valence-electron chi connectivity index (χ3n) is 4.14. The number of nitrogens with zero attached hydrogens (tertiary/aromatic N) is 2. The molecule has 0 aliphatic carbocycles. The molecular weight excluding hydrogens is 338 g/mol. The van der Waals surface area contributed by atoms with Crippen molar-refractivity contribution in [1.29, 1.82) is 5.26 Å². The van der Waals surface area contributed by atoms with E-state index < -0.39 is 16.1 Å². The van der Waals surface area contributed by atoms with E-state index in [0.29, 0.717) is 18.5 Å². The van der Waals surface area contributed by atoms with Gasteiger partial charge >= 0.3 is 0 Å². The Hall–Kier alpha value is -2.69. The Morgan fingerprint density at radius 1 is 1.12 bits per heavy atom. The minimum atomic E-state index is -3.82. The lowest BCUT2D eigenvalue weighted by Gasteiger charge is -2.17. The third-order valence-corrected chi connectivity index (χ3v) is 5.63. The van der Waals surface area contributed by atoms with Crippen molar-refractivity contribution in [3.63, 3.8) is 0 Å². The standard InChI is InChI=1S/C18H17N3O3S/c1-13-2-6-15(7-3-13)21-11-10-17(18(21)22)20-25(23,24)16-8-4-14(12-19)5-9-16/h2-9,17,20H,10-11H2,1H3/t17-/m0/s1. The second-order valence-corrected chi connectivity index (χ2v) is 7.64. The molecule has 1 amide bonds. The highest BCUT2D eigenvalue weighted by Gasteiger charge is 2.35. The van der Waals surface area contributed by atoms with Crippen LogP contribution in [0, 0.1) is 18.3 Å². The number of nitriles is 1. The first kappa shape index (κ1) is 17.1. The molecule has 6 nitrogen and oxygen atoms in total. The fraction of sp³-hybridized carbons (Fsp3) is 0.222. The van der Waals surface area contributed by atoms with E-state index in [4.69, 9.17) is 5.26 Å². The van der Waals surface area contributed by atoms with Crippen molar-refractivity contribution < 1.29 is 13.2 Å².